The predicted molar refractivity (Wildman–Crippen MR) is 75.5 cm³/mol. The van der Waals surface area contributed by atoms with Crippen molar-refractivity contribution in [3.05, 3.63) is 22.8 Å². The Morgan fingerprint density at radius 1 is 1.35 bits per heavy atom. The van der Waals surface area contributed by atoms with Gasteiger partial charge in [0.15, 0.2) is 0 Å². The van der Waals surface area contributed by atoms with Crippen molar-refractivity contribution in [2.24, 2.45) is 5.73 Å². The van der Waals surface area contributed by atoms with Crippen LogP contribution in [-0.2, 0) is 14.8 Å². The van der Waals surface area contributed by atoms with Crippen molar-refractivity contribution in [3.8, 4) is 0 Å². The molecule has 0 saturated carbocycles. The molecule has 7 nitrogen and oxygen atoms in total. The highest BCUT2D eigenvalue weighted by Gasteiger charge is 2.23. The van der Waals surface area contributed by atoms with Crippen LogP contribution >= 0.6 is 0 Å². The van der Waals surface area contributed by atoms with E-state index in [0.717, 1.165) is 5.56 Å². The lowest BCUT2D eigenvalue weighted by Crippen LogP contribution is -2.40. The number of sulfonamides is 1. The van der Waals surface area contributed by atoms with Gasteiger partial charge in [-0.05, 0) is 37.5 Å². The van der Waals surface area contributed by atoms with Crippen LogP contribution in [-0.4, -0.2) is 32.1 Å². The maximum atomic E-state index is 12.2. The van der Waals surface area contributed by atoms with Crippen LogP contribution in [0.1, 0.15) is 16.7 Å². The highest BCUT2D eigenvalue weighted by molar-refractivity contribution is 7.89. The number of hydrogen-bond acceptors (Lipinski definition) is 5. The normalized spacial score (nSPS) is 13.2. The highest BCUT2D eigenvalue weighted by Crippen LogP contribution is 2.27. The van der Waals surface area contributed by atoms with E-state index in [9.17, 15) is 18.3 Å². The average Bonchev–Trinajstić information content (AvgIpc) is 2.32. The van der Waals surface area contributed by atoms with Crippen LogP contribution < -0.4 is 16.2 Å². The zero-order valence-corrected chi connectivity index (χ0v) is 12.4. The quantitative estimate of drug-likeness (QED) is 0.534. The summed E-state index contributed by atoms with van der Waals surface area (Å²) in [5.74, 6) is -0.996. The topological polar surface area (TPSA) is 136 Å². The van der Waals surface area contributed by atoms with E-state index in [2.05, 4.69) is 4.72 Å². The molecule has 112 valence electrons. The number of nitrogens with two attached hydrogens (primary N) is 2. The molecule has 0 aromatic heterocycles. The number of hydrogen-bond donors (Lipinski definition) is 4. The summed E-state index contributed by atoms with van der Waals surface area (Å²) < 4.78 is 26.6. The third-order valence-electron chi connectivity index (χ3n) is 3.02. The maximum Gasteiger partial charge on any atom is 0.247 e. The van der Waals surface area contributed by atoms with Crippen LogP contribution in [0.3, 0.4) is 0 Å². The minimum atomic E-state index is -3.89. The molecular formula is C12H19N3O4S. The first-order chi connectivity index (χ1) is 9.08. The lowest BCUT2D eigenvalue weighted by molar-refractivity contribution is -0.125. The van der Waals surface area contributed by atoms with E-state index in [0.29, 0.717) is 16.8 Å². The maximum absolute atomic E-state index is 12.2. The Labute approximate surface area is 118 Å². The molecular weight excluding hydrogens is 282 g/mol. The minimum absolute atomic E-state index is 0.0530. The molecule has 0 spiro atoms. The Balaban J connectivity index is 3.17. The lowest BCUT2D eigenvalue weighted by Gasteiger charge is -2.16. The number of anilines is 1. The molecule has 1 rings (SSSR count). The molecule has 1 atom stereocenters. The number of carbonyl (C=O) groups excluding carboxylic acids is 1. The Hall–Kier alpha value is -1.64. The van der Waals surface area contributed by atoms with Crippen molar-refractivity contribution in [3.63, 3.8) is 0 Å². The number of nitrogen functional groups attached to an aromatic ring is 1. The van der Waals surface area contributed by atoms with Gasteiger partial charge in [0.05, 0.1) is 4.90 Å². The van der Waals surface area contributed by atoms with Crippen LogP contribution in [0.15, 0.2) is 11.0 Å². The number of benzene rings is 1. The van der Waals surface area contributed by atoms with Gasteiger partial charge in [-0.15, -0.1) is 0 Å². The summed E-state index contributed by atoms with van der Waals surface area (Å²) in [4.78, 5) is 10.8. The van der Waals surface area contributed by atoms with Gasteiger partial charge < -0.3 is 16.6 Å². The number of aryl methyl sites for hydroxylation is 2. The summed E-state index contributed by atoms with van der Waals surface area (Å²) in [7, 11) is -3.89. The second kappa shape index (κ2) is 5.78. The molecule has 0 heterocycles. The first-order valence-corrected chi connectivity index (χ1v) is 7.39. The number of amides is 1. The fourth-order valence-corrected chi connectivity index (χ4v) is 3.47. The summed E-state index contributed by atoms with van der Waals surface area (Å²) in [5.41, 5.74) is 12.9. The number of aliphatic hydroxyl groups is 1. The largest absolute Gasteiger partial charge is 0.398 e. The van der Waals surface area contributed by atoms with Crippen molar-refractivity contribution in [1.82, 2.24) is 4.72 Å². The van der Waals surface area contributed by atoms with Crippen LogP contribution in [0.5, 0.6) is 0 Å². The van der Waals surface area contributed by atoms with E-state index in [1.165, 1.54) is 0 Å². The van der Waals surface area contributed by atoms with Crippen molar-refractivity contribution in [1.29, 1.82) is 0 Å². The van der Waals surface area contributed by atoms with Crippen molar-refractivity contribution in [2.75, 3.05) is 12.3 Å². The van der Waals surface area contributed by atoms with E-state index in [1.54, 1.807) is 26.8 Å². The second-order valence-electron chi connectivity index (χ2n) is 4.65. The van der Waals surface area contributed by atoms with Crippen LogP contribution in [0.4, 0.5) is 5.69 Å². The fraction of sp³-hybridized carbons (Fsp3) is 0.417. The molecule has 1 amide bonds. The average molecular weight is 301 g/mol. The van der Waals surface area contributed by atoms with Gasteiger partial charge in [-0.2, -0.15) is 0 Å². The number of nitrogens with one attached hydrogen (secondary N) is 1. The lowest BCUT2D eigenvalue weighted by atomic mass is 10.1. The third-order valence-corrected chi connectivity index (χ3v) is 4.74. The highest BCUT2D eigenvalue weighted by atomic mass is 32.2. The van der Waals surface area contributed by atoms with E-state index in [1.807, 2.05) is 0 Å². The molecule has 0 fully saturated rings. The van der Waals surface area contributed by atoms with E-state index in [-0.39, 0.29) is 4.90 Å². The first kappa shape index (κ1) is 16.4. The standard InChI is InChI=1S/C12H19N3O4S/c1-6-4-7(2)11(8(3)10(6)13)20(18,19)15-5-9(16)12(14)17/h4,9,15-16H,5,13H2,1-3H3,(H2,14,17). The van der Waals surface area contributed by atoms with Gasteiger partial charge in [0.1, 0.15) is 6.10 Å². The molecule has 6 N–H and O–H groups in total. The SMILES string of the molecule is Cc1cc(C)c(S(=O)(=O)NCC(O)C(N)=O)c(C)c1N. The van der Waals surface area contributed by atoms with Crippen LogP contribution in [0.2, 0.25) is 0 Å². The molecule has 20 heavy (non-hydrogen) atoms. The monoisotopic (exact) mass is 301 g/mol. The summed E-state index contributed by atoms with van der Waals surface area (Å²) in [6.45, 7) is 4.56. The molecule has 1 aromatic rings. The van der Waals surface area contributed by atoms with Gasteiger partial charge in [0.25, 0.3) is 0 Å². The van der Waals surface area contributed by atoms with Gasteiger partial charge in [0, 0.05) is 12.2 Å². The molecule has 0 aliphatic rings. The number of rotatable bonds is 5. The van der Waals surface area contributed by atoms with Crippen molar-refractivity contribution < 1.29 is 18.3 Å². The van der Waals surface area contributed by atoms with E-state index >= 15 is 0 Å². The summed E-state index contributed by atoms with van der Waals surface area (Å²) in [6, 6.07) is 1.67. The summed E-state index contributed by atoms with van der Waals surface area (Å²) >= 11 is 0. The van der Waals surface area contributed by atoms with Gasteiger partial charge in [-0.25, -0.2) is 13.1 Å². The number of carbonyl (C=O) groups is 1. The van der Waals surface area contributed by atoms with Crippen LogP contribution in [0.25, 0.3) is 0 Å². The molecule has 8 heteroatoms. The van der Waals surface area contributed by atoms with E-state index in [4.69, 9.17) is 11.5 Å². The number of aliphatic hydroxyl groups excluding tert-OH is 1. The summed E-state index contributed by atoms with van der Waals surface area (Å²) in [5, 5.41) is 9.25. The Morgan fingerprint density at radius 2 is 1.90 bits per heavy atom. The molecule has 0 aliphatic carbocycles. The number of primary amides is 1. The minimum Gasteiger partial charge on any atom is -0.398 e. The molecule has 0 bridgehead atoms. The van der Waals surface area contributed by atoms with Gasteiger partial charge in [-0.3, -0.25) is 4.79 Å². The smallest absolute Gasteiger partial charge is 0.247 e. The predicted octanol–water partition coefficient (Wildman–Crippen LogP) is -0.681. The van der Waals surface area contributed by atoms with Crippen molar-refractivity contribution in [2.45, 2.75) is 31.8 Å². The van der Waals surface area contributed by atoms with Crippen LogP contribution in [0, 0.1) is 20.8 Å². The molecule has 1 unspecified atom stereocenters. The molecule has 0 radical (unpaired) electrons. The third kappa shape index (κ3) is 3.27. The zero-order chi connectivity index (χ0) is 15.7. The first-order valence-electron chi connectivity index (χ1n) is 5.91. The van der Waals surface area contributed by atoms with Crippen molar-refractivity contribution >= 4 is 21.6 Å². The Bertz CT molecular complexity index is 641. The van der Waals surface area contributed by atoms with Gasteiger partial charge in [0.2, 0.25) is 15.9 Å². The molecule has 1 aromatic carbocycles. The van der Waals surface area contributed by atoms with Gasteiger partial charge >= 0.3 is 0 Å². The second-order valence-corrected chi connectivity index (χ2v) is 6.35. The van der Waals surface area contributed by atoms with Gasteiger partial charge in [-0.1, -0.05) is 6.07 Å². The molecule has 0 aliphatic heterocycles. The van der Waals surface area contributed by atoms with E-state index < -0.39 is 28.6 Å². The molecule has 0 saturated heterocycles. The Kier molecular flexibility index (Phi) is 4.74. The Morgan fingerprint density at radius 3 is 2.40 bits per heavy atom. The zero-order valence-electron chi connectivity index (χ0n) is 11.6. The summed E-state index contributed by atoms with van der Waals surface area (Å²) in [6.07, 6.45) is -1.58. The fourth-order valence-electron chi connectivity index (χ4n) is 1.96.